The van der Waals surface area contributed by atoms with Gasteiger partial charge in [0.05, 0.1) is 7.11 Å². The van der Waals surface area contributed by atoms with Crippen molar-refractivity contribution in [2.75, 3.05) is 13.9 Å². The monoisotopic (exact) mass is 343 g/mol. The number of amides is 3. The van der Waals surface area contributed by atoms with Gasteiger partial charge >= 0.3 is 6.03 Å². The van der Waals surface area contributed by atoms with E-state index in [0.717, 1.165) is 5.56 Å². The third-order valence-corrected chi connectivity index (χ3v) is 3.51. The van der Waals surface area contributed by atoms with Crippen LogP contribution in [0.4, 0.5) is 4.79 Å². The van der Waals surface area contributed by atoms with Crippen molar-refractivity contribution in [3.8, 4) is 17.2 Å². The van der Waals surface area contributed by atoms with Gasteiger partial charge < -0.3 is 19.5 Å². The van der Waals surface area contributed by atoms with Crippen molar-refractivity contribution in [2.24, 2.45) is 0 Å². The standard InChI is InChI=1S/C17H17N3O5/c1-23-13-4-2-3-11(7-13)9-18-17(22)20-19-16(21)12-5-6-14-15(8-12)25-10-24-14/h2-8H,9-10H2,1H3,(H,19,21)(H2,18,20,22). The number of hydrazine groups is 1. The van der Waals surface area contributed by atoms with E-state index in [-0.39, 0.29) is 6.79 Å². The van der Waals surface area contributed by atoms with Gasteiger partial charge in [-0.1, -0.05) is 12.1 Å². The highest BCUT2D eigenvalue weighted by Crippen LogP contribution is 2.32. The Morgan fingerprint density at radius 3 is 2.76 bits per heavy atom. The molecule has 0 saturated carbocycles. The van der Waals surface area contributed by atoms with Crippen LogP contribution in [0.25, 0.3) is 0 Å². The van der Waals surface area contributed by atoms with E-state index in [9.17, 15) is 9.59 Å². The lowest BCUT2D eigenvalue weighted by molar-refractivity contribution is 0.0936. The van der Waals surface area contributed by atoms with E-state index in [0.29, 0.717) is 29.4 Å². The first-order chi connectivity index (χ1) is 12.2. The van der Waals surface area contributed by atoms with E-state index in [2.05, 4.69) is 16.2 Å². The van der Waals surface area contributed by atoms with Crippen LogP contribution < -0.4 is 30.4 Å². The smallest absolute Gasteiger partial charge is 0.333 e. The predicted molar refractivity (Wildman–Crippen MR) is 88.4 cm³/mol. The number of methoxy groups -OCH3 is 1. The largest absolute Gasteiger partial charge is 0.497 e. The first-order valence-electron chi connectivity index (χ1n) is 7.52. The van der Waals surface area contributed by atoms with Crippen LogP contribution in [0.2, 0.25) is 0 Å². The summed E-state index contributed by atoms with van der Waals surface area (Å²) in [5.41, 5.74) is 5.84. The molecular weight excluding hydrogens is 326 g/mol. The molecule has 8 nitrogen and oxygen atoms in total. The van der Waals surface area contributed by atoms with E-state index in [4.69, 9.17) is 14.2 Å². The topological polar surface area (TPSA) is 97.9 Å². The number of rotatable bonds is 4. The molecule has 8 heteroatoms. The lowest BCUT2D eigenvalue weighted by atomic mass is 10.2. The van der Waals surface area contributed by atoms with E-state index in [1.807, 2.05) is 24.3 Å². The minimum absolute atomic E-state index is 0.130. The summed E-state index contributed by atoms with van der Waals surface area (Å²) in [6.45, 7) is 0.425. The predicted octanol–water partition coefficient (Wildman–Crippen LogP) is 1.57. The van der Waals surface area contributed by atoms with Crippen LogP contribution in [0.3, 0.4) is 0 Å². The second-order valence-electron chi connectivity index (χ2n) is 5.18. The maximum atomic E-state index is 12.0. The second kappa shape index (κ2) is 7.43. The van der Waals surface area contributed by atoms with Gasteiger partial charge in [-0.25, -0.2) is 10.2 Å². The van der Waals surface area contributed by atoms with Crippen LogP contribution in [-0.4, -0.2) is 25.8 Å². The summed E-state index contributed by atoms with van der Waals surface area (Å²) in [5.74, 6) is 1.32. The molecule has 3 N–H and O–H groups in total. The van der Waals surface area contributed by atoms with Crippen LogP contribution in [0, 0.1) is 0 Å². The van der Waals surface area contributed by atoms with E-state index in [1.54, 1.807) is 25.3 Å². The van der Waals surface area contributed by atoms with Gasteiger partial charge in [-0.3, -0.25) is 10.2 Å². The fraction of sp³-hybridized carbons (Fsp3) is 0.176. The molecule has 0 bridgehead atoms. The molecular formula is C17H17N3O5. The fourth-order valence-corrected chi connectivity index (χ4v) is 2.23. The number of fused-ring (bicyclic) bond motifs is 1. The van der Waals surface area contributed by atoms with Gasteiger partial charge in [0.2, 0.25) is 6.79 Å². The summed E-state index contributed by atoms with van der Waals surface area (Å²) < 4.78 is 15.5. The van der Waals surface area contributed by atoms with Crippen LogP contribution in [0.15, 0.2) is 42.5 Å². The quantitative estimate of drug-likeness (QED) is 0.732. The minimum atomic E-state index is -0.531. The van der Waals surface area contributed by atoms with Crippen molar-refractivity contribution in [2.45, 2.75) is 6.54 Å². The van der Waals surface area contributed by atoms with E-state index in [1.165, 1.54) is 0 Å². The molecule has 1 aliphatic heterocycles. The van der Waals surface area contributed by atoms with Gasteiger partial charge in [0.1, 0.15) is 5.75 Å². The number of benzene rings is 2. The first-order valence-corrected chi connectivity index (χ1v) is 7.52. The Morgan fingerprint density at radius 1 is 1.08 bits per heavy atom. The number of carbonyl (C=O) groups is 2. The highest BCUT2D eigenvalue weighted by Gasteiger charge is 2.16. The molecule has 3 rings (SSSR count). The molecule has 2 aromatic carbocycles. The first kappa shape index (κ1) is 16.4. The Morgan fingerprint density at radius 2 is 1.92 bits per heavy atom. The number of hydrogen-bond acceptors (Lipinski definition) is 5. The van der Waals surface area contributed by atoms with Crippen LogP contribution in [-0.2, 0) is 6.54 Å². The van der Waals surface area contributed by atoms with Gasteiger partial charge in [-0.05, 0) is 35.9 Å². The Kier molecular flexibility index (Phi) is 4.89. The Labute approximate surface area is 144 Å². The zero-order valence-corrected chi connectivity index (χ0v) is 13.5. The molecule has 1 heterocycles. The van der Waals surface area contributed by atoms with Crippen molar-refractivity contribution in [3.63, 3.8) is 0 Å². The van der Waals surface area contributed by atoms with E-state index >= 15 is 0 Å². The van der Waals surface area contributed by atoms with Gasteiger partial charge in [0.25, 0.3) is 5.91 Å². The Bertz CT molecular complexity index is 794. The summed E-state index contributed by atoms with van der Waals surface area (Å²) in [7, 11) is 1.57. The number of ether oxygens (including phenoxy) is 3. The van der Waals surface area contributed by atoms with E-state index < -0.39 is 11.9 Å². The average Bonchev–Trinajstić information content (AvgIpc) is 3.12. The zero-order chi connectivity index (χ0) is 17.6. The van der Waals surface area contributed by atoms with Crippen molar-refractivity contribution < 1.29 is 23.8 Å². The summed E-state index contributed by atoms with van der Waals surface area (Å²) in [4.78, 5) is 23.8. The summed E-state index contributed by atoms with van der Waals surface area (Å²) in [5, 5.41) is 2.63. The van der Waals surface area contributed by atoms with Gasteiger partial charge in [0.15, 0.2) is 11.5 Å². The molecule has 0 aliphatic carbocycles. The van der Waals surface area contributed by atoms with Gasteiger partial charge in [-0.15, -0.1) is 0 Å². The molecule has 2 aromatic rings. The molecule has 130 valence electrons. The van der Waals surface area contributed by atoms with Crippen LogP contribution >= 0.6 is 0 Å². The molecule has 25 heavy (non-hydrogen) atoms. The Balaban J connectivity index is 1.47. The van der Waals surface area contributed by atoms with Crippen molar-refractivity contribution in [1.29, 1.82) is 0 Å². The highest BCUT2D eigenvalue weighted by molar-refractivity contribution is 5.95. The van der Waals surface area contributed by atoms with Crippen molar-refractivity contribution >= 4 is 11.9 Å². The molecule has 0 fully saturated rings. The summed E-state index contributed by atoms with van der Waals surface area (Å²) in [6.07, 6.45) is 0. The van der Waals surface area contributed by atoms with Gasteiger partial charge in [-0.2, -0.15) is 0 Å². The zero-order valence-electron chi connectivity index (χ0n) is 13.5. The lowest BCUT2D eigenvalue weighted by Crippen LogP contribution is -2.46. The molecule has 3 amide bonds. The molecule has 0 spiro atoms. The van der Waals surface area contributed by atoms with Crippen LogP contribution in [0.1, 0.15) is 15.9 Å². The normalized spacial score (nSPS) is 11.6. The molecule has 0 atom stereocenters. The number of carbonyl (C=O) groups excluding carboxylic acids is 2. The maximum absolute atomic E-state index is 12.0. The second-order valence-corrected chi connectivity index (χ2v) is 5.18. The number of nitrogens with one attached hydrogen (secondary N) is 3. The molecule has 0 saturated heterocycles. The third kappa shape index (κ3) is 4.11. The SMILES string of the molecule is COc1cccc(CNC(=O)NNC(=O)c2ccc3c(c2)OCO3)c1. The van der Waals surface area contributed by atoms with Crippen LogP contribution in [0.5, 0.6) is 17.2 Å². The average molecular weight is 343 g/mol. The molecule has 1 aliphatic rings. The van der Waals surface area contributed by atoms with Gasteiger partial charge in [0, 0.05) is 12.1 Å². The number of urea groups is 1. The number of hydrogen-bond donors (Lipinski definition) is 3. The molecule has 0 radical (unpaired) electrons. The van der Waals surface area contributed by atoms with Crippen molar-refractivity contribution in [3.05, 3.63) is 53.6 Å². The maximum Gasteiger partial charge on any atom is 0.333 e. The lowest BCUT2D eigenvalue weighted by Gasteiger charge is -2.10. The molecule has 0 aromatic heterocycles. The Hall–Kier alpha value is -3.42. The minimum Gasteiger partial charge on any atom is -0.497 e. The summed E-state index contributed by atoms with van der Waals surface area (Å²) >= 11 is 0. The fourth-order valence-electron chi connectivity index (χ4n) is 2.23. The third-order valence-electron chi connectivity index (χ3n) is 3.51. The summed E-state index contributed by atoms with van der Waals surface area (Å²) in [6, 6.07) is 11.5. The highest BCUT2D eigenvalue weighted by atomic mass is 16.7. The van der Waals surface area contributed by atoms with Crippen molar-refractivity contribution in [1.82, 2.24) is 16.2 Å². The molecule has 0 unspecified atom stereocenters.